The van der Waals surface area contributed by atoms with Gasteiger partial charge in [-0.3, -0.25) is 0 Å². The average molecular weight is 149 g/mol. The van der Waals surface area contributed by atoms with Crippen LogP contribution in [0.5, 0.6) is 0 Å². The van der Waals surface area contributed by atoms with Crippen LogP contribution in [0.2, 0.25) is 0 Å². The van der Waals surface area contributed by atoms with Crippen LogP contribution in [0.15, 0.2) is 0 Å². The third-order valence-corrected chi connectivity index (χ3v) is 3.05. The highest BCUT2D eigenvalue weighted by Gasteiger charge is 2.35. The predicted molar refractivity (Wildman–Crippen MR) is 38.6 cm³/mol. The number of alkyl halides is 1. The number of hydrogen-bond acceptors (Lipinski definition) is 1. The molecule has 0 aromatic rings. The molecule has 0 bridgehead atoms. The normalized spacial score (nSPS) is 52.0. The lowest BCUT2D eigenvalue weighted by Gasteiger charge is -2.12. The smallest absolute Gasteiger partial charge is 0.0583 e. The zero-order chi connectivity index (χ0) is 7.02. The number of rotatable bonds is 0. The number of halogens is 1. The van der Waals surface area contributed by atoms with Crippen LogP contribution in [0.25, 0.3) is 0 Å². The summed E-state index contributed by atoms with van der Waals surface area (Å²) in [5.74, 6) is 0.856. The van der Waals surface area contributed by atoms with Gasteiger partial charge in [-0.25, -0.2) is 0 Å². The Bertz CT molecular complexity index is 93.1. The summed E-state index contributed by atoms with van der Waals surface area (Å²) < 4.78 is 0. The van der Waals surface area contributed by atoms with Crippen LogP contribution in [-0.2, 0) is 0 Å². The van der Waals surface area contributed by atoms with E-state index < -0.39 is 0 Å². The molecule has 1 nitrogen and oxygen atoms in total. The highest BCUT2D eigenvalue weighted by molar-refractivity contribution is 6.21. The molecule has 0 aliphatic heterocycles. The van der Waals surface area contributed by atoms with Gasteiger partial charge in [-0.2, -0.15) is 0 Å². The summed E-state index contributed by atoms with van der Waals surface area (Å²) in [5.41, 5.74) is 0. The van der Waals surface area contributed by atoms with Crippen molar-refractivity contribution in [2.45, 2.75) is 31.7 Å². The molecule has 0 unspecified atom stereocenters. The van der Waals surface area contributed by atoms with Gasteiger partial charge in [0.05, 0.1) is 6.10 Å². The minimum absolute atomic E-state index is 0.164. The molecule has 1 saturated carbocycles. The summed E-state index contributed by atoms with van der Waals surface area (Å²) in [5, 5.41) is 9.44. The van der Waals surface area contributed by atoms with Crippen LogP contribution >= 0.6 is 11.6 Å². The fourth-order valence-electron chi connectivity index (χ4n) is 1.34. The Hall–Kier alpha value is 0.250. The van der Waals surface area contributed by atoms with Crippen molar-refractivity contribution in [2.24, 2.45) is 11.8 Å². The third kappa shape index (κ3) is 1.22. The van der Waals surface area contributed by atoms with Gasteiger partial charge >= 0.3 is 0 Å². The molecule has 2 heteroatoms. The second kappa shape index (κ2) is 2.47. The van der Waals surface area contributed by atoms with E-state index in [0.717, 1.165) is 6.42 Å². The van der Waals surface area contributed by atoms with E-state index in [1.165, 1.54) is 0 Å². The SMILES string of the molecule is C[C@@H]1[C@@H](C)[C@H](Cl)C[C@H]1O. The second-order valence-electron chi connectivity index (χ2n) is 3.04. The van der Waals surface area contributed by atoms with Gasteiger partial charge in [-0.1, -0.05) is 13.8 Å². The molecule has 0 aromatic heterocycles. The standard InChI is InChI=1S/C7H13ClO/c1-4-5(2)7(9)3-6(4)8/h4-7,9H,3H2,1-2H3/t4-,5-,6-,7-/m1/s1. The Kier molecular flexibility index (Phi) is 2.02. The van der Waals surface area contributed by atoms with Gasteiger partial charge in [0.1, 0.15) is 0 Å². The largest absolute Gasteiger partial charge is 0.393 e. The first kappa shape index (κ1) is 7.36. The monoisotopic (exact) mass is 148 g/mol. The predicted octanol–water partition coefficient (Wildman–Crippen LogP) is 1.63. The van der Waals surface area contributed by atoms with Crippen molar-refractivity contribution in [1.29, 1.82) is 0 Å². The van der Waals surface area contributed by atoms with E-state index in [4.69, 9.17) is 11.6 Å². The first-order chi connectivity index (χ1) is 4.13. The van der Waals surface area contributed by atoms with Gasteiger partial charge < -0.3 is 5.11 Å². The Morgan fingerprint density at radius 3 is 2.00 bits per heavy atom. The lowest BCUT2D eigenvalue weighted by molar-refractivity contribution is 0.130. The highest BCUT2D eigenvalue weighted by Crippen LogP contribution is 2.34. The van der Waals surface area contributed by atoms with E-state index in [1.54, 1.807) is 0 Å². The van der Waals surface area contributed by atoms with Crippen molar-refractivity contribution in [2.75, 3.05) is 0 Å². The Morgan fingerprint density at radius 2 is 1.89 bits per heavy atom. The minimum Gasteiger partial charge on any atom is -0.393 e. The highest BCUT2D eigenvalue weighted by atomic mass is 35.5. The lowest BCUT2D eigenvalue weighted by atomic mass is 9.99. The summed E-state index contributed by atoms with van der Waals surface area (Å²) in [6.45, 7) is 4.15. The molecular formula is C7H13ClO. The van der Waals surface area contributed by atoms with Gasteiger partial charge in [0.2, 0.25) is 0 Å². The van der Waals surface area contributed by atoms with Gasteiger partial charge in [0.15, 0.2) is 0 Å². The van der Waals surface area contributed by atoms with E-state index in [0.29, 0.717) is 11.8 Å². The van der Waals surface area contributed by atoms with Gasteiger partial charge in [0, 0.05) is 5.38 Å². The van der Waals surface area contributed by atoms with Crippen LogP contribution < -0.4 is 0 Å². The zero-order valence-corrected chi connectivity index (χ0v) is 6.60. The fourth-order valence-corrected chi connectivity index (χ4v) is 1.75. The molecule has 1 aliphatic carbocycles. The van der Waals surface area contributed by atoms with Crippen LogP contribution in [0, 0.1) is 11.8 Å². The molecule has 0 saturated heterocycles. The molecule has 0 radical (unpaired) electrons. The molecule has 4 atom stereocenters. The minimum atomic E-state index is -0.164. The molecule has 0 aromatic carbocycles. The quantitative estimate of drug-likeness (QED) is 0.518. The summed E-state index contributed by atoms with van der Waals surface area (Å²) >= 11 is 5.89. The van der Waals surface area contributed by atoms with Crippen LogP contribution in [-0.4, -0.2) is 16.6 Å². The van der Waals surface area contributed by atoms with E-state index in [1.807, 2.05) is 0 Å². The average Bonchev–Trinajstić information content (AvgIpc) is 1.98. The van der Waals surface area contributed by atoms with Crippen molar-refractivity contribution in [3.63, 3.8) is 0 Å². The summed E-state index contributed by atoms with van der Waals surface area (Å²) in [6, 6.07) is 0. The van der Waals surface area contributed by atoms with Gasteiger partial charge in [0.25, 0.3) is 0 Å². The fraction of sp³-hybridized carbons (Fsp3) is 1.00. The molecule has 1 fully saturated rings. The van der Waals surface area contributed by atoms with Gasteiger partial charge in [-0.15, -0.1) is 11.6 Å². The zero-order valence-electron chi connectivity index (χ0n) is 5.84. The Morgan fingerprint density at radius 1 is 1.33 bits per heavy atom. The molecule has 0 spiro atoms. The lowest BCUT2D eigenvalue weighted by Crippen LogP contribution is -2.13. The summed E-state index contributed by atoms with van der Waals surface area (Å²) in [7, 11) is 0. The van der Waals surface area contributed by atoms with E-state index >= 15 is 0 Å². The topological polar surface area (TPSA) is 20.2 Å². The Labute approximate surface area is 61.0 Å². The maximum atomic E-state index is 9.25. The first-order valence-electron chi connectivity index (χ1n) is 3.45. The molecule has 0 amide bonds. The summed E-state index contributed by atoms with van der Waals surface area (Å²) in [4.78, 5) is 0. The van der Waals surface area contributed by atoms with Crippen LogP contribution in [0.4, 0.5) is 0 Å². The van der Waals surface area contributed by atoms with Crippen molar-refractivity contribution in [3.8, 4) is 0 Å². The maximum absolute atomic E-state index is 9.25. The summed E-state index contributed by atoms with van der Waals surface area (Å²) in [6.07, 6.45) is 0.603. The number of hydrogen-bond donors (Lipinski definition) is 1. The molecular weight excluding hydrogens is 136 g/mol. The third-order valence-electron chi connectivity index (χ3n) is 2.47. The van der Waals surface area contributed by atoms with Gasteiger partial charge in [-0.05, 0) is 18.3 Å². The molecule has 0 heterocycles. The van der Waals surface area contributed by atoms with Crippen molar-refractivity contribution in [3.05, 3.63) is 0 Å². The molecule has 1 aliphatic rings. The van der Waals surface area contributed by atoms with E-state index in [2.05, 4.69) is 13.8 Å². The number of aliphatic hydroxyl groups excluding tert-OH is 1. The van der Waals surface area contributed by atoms with E-state index in [9.17, 15) is 5.11 Å². The molecule has 9 heavy (non-hydrogen) atoms. The molecule has 1 rings (SSSR count). The Balaban J connectivity index is 2.54. The van der Waals surface area contributed by atoms with Crippen LogP contribution in [0.3, 0.4) is 0 Å². The second-order valence-corrected chi connectivity index (χ2v) is 3.60. The van der Waals surface area contributed by atoms with Crippen LogP contribution in [0.1, 0.15) is 20.3 Å². The van der Waals surface area contributed by atoms with Crippen molar-refractivity contribution >= 4 is 11.6 Å². The van der Waals surface area contributed by atoms with Crippen molar-refractivity contribution in [1.82, 2.24) is 0 Å². The van der Waals surface area contributed by atoms with E-state index in [-0.39, 0.29) is 11.5 Å². The molecule has 1 N–H and O–H groups in total. The molecule has 54 valence electrons. The number of aliphatic hydroxyl groups is 1. The maximum Gasteiger partial charge on any atom is 0.0583 e. The van der Waals surface area contributed by atoms with Crippen molar-refractivity contribution < 1.29 is 5.11 Å². The first-order valence-corrected chi connectivity index (χ1v) is 3.88.